The molecular weight excluding hydrogens is 462 g/mol. The average molecular weight is 498 g/mol. The van der Waals surface area contributed by atoms with Crippen molar-refractivity contribution in [2.75, 3.05) is 44.7 Å². The van der Waals surface area contributed by atoms with Crippen LogP contribution in [0.15, 0.2) is 36.4 Å². The van der Waals surface area contributed by atoms with Crippen molar-refractivity contribution in [3.05, 3.63) is 64.2 Å². The van der Waals surface area contributed by atoms with Crippen molar-refractivity contribution in [2.45, 2.75) is 39.7 Å². The predicted molar refractivity (Wildman–Crippen MR) is 142 cm³/mol. The third-order valence-electron chi connectivity index (χ3n) is 6.43. The standard InChI is InChI=1S/C27H35N5O2.ClH/c1-5-29-10-11-30-26(33)17-32(25-13-21(16-28)8-7-20(25)3)18-27(34)31(4)24-14-22-9-6-19(2)12-23(22)15-24;/h6-9,12-13,24,29H,5,10-11,14-15,17-18H2,1-4H3,(H,30,33);1H. The summed E-state index contributed by atoms with van der Waals surface area (Å²) in [4.78, 5) is 29.6. The molecule has 2 amide bonds. The van der Waals surface area contributed by atoms with Crippen LogP contribution in [0.5, 0.6) is 0 Å². The fourth-order valence-electron chi connectivity index (χ4n) is 4.42. The van der Waals surface area contributed by atoms with E-state index >= 15 is 0 Å². The highest BCUT2D eigenvalue weighted by atomic mass is 35.5. The maximum Gasteiger partial charge on any atom is 0.242 e. The van der Waals surface area contributed by atoms with E-state index in [1.807, 2.05) is 31.9 Å². The van der Waals surface area contributed by atoms with Gasteiger partial charge in [0.15, 0.2) is 0 Å². The molecular formula is C27H36ClN5O2. The minimum absolute atomic E-state index is 0. The van der Waals surface area contributed by atoms with E-state index in [1.165, 1.54) is 16.7 Å². The lowest BCUT2D eigenvalue weighted by atomic mass is 10.1. The number of nitriles is 1. The zero-order valence-corrected chi connectivity index (χ0v) is 21.9. The molecule has 0 saturated carbocycles. The van der Waals surface area contributed by atoms with Crippen molar-refractivity contribution in [1.82, 2.24) is 15.5 Å². The SMILES string of the molecule is CCNCCNC(=O)CN(CC(=O)N(C)C1Cc2ccc(C)cc2C1)c1cc(C#N)ccc1C.Cl. The second-order valence-corrected chi connectivity index (χ2v) is 9.01. The van der Waals surface area contributed by atoms with Crippen molar-refractivity contribution in [1.29, 1.82) is 5.26 Å². The molecule has 2 aromatic rings. The van der Waals surface area contributed by atoms with Gasteiger partial charge in [0.05, 0.1) is 24.7 Å². The summed E-state index contributed by atoms with van der Waals surface area (Å²) in [6.07, 6.45) is 1.68. The number of nitrogens with one attached hydrogen (secondary N) is 2. The molecule has 7 nitrogen and oxygen atoms in total. The summed E-state index contributed by atoms with van der Waals surface area (Å²) in [5, 5.41) is 15.5. The van der Waals surface area contributed by atoms with Crippen LogP contribution in [0.4, 0.5) is 5.69 Å². The zero-order valence-electron chi connectivity index (χ0n) is 21.1. The van der Waals surface area contributed by atoms with Crippen LogP contribution in [-0.4, -0.2) is 62.5 Å². The molecule has 0 aliphatic heterocycles. The van der Waals surface area contributed by atoms with Gasteiger partial charge in [-0.2, -0.15) is 5.26 Å². The molecule has 0 aromatic heterocycles. The van der Waals surface area contributed by atoms with Crippen LogP contribution in [-0.2, 0) is 22.4 Å². The van der Waals surface area contributed by atoms with Crippen molar-refractivity contribution >= 4 is 29.9 Å². The predicted octanol–water partition coefficient (Wildman–Crippen LogP) is 2.75. The van der Waals surface area contributed by atoms with Crippen LogP contribution in [0.2, 0.25) is 0 Å². The van der Waals surface area contributed by atoms with Gasteiger partial charge in [-0.3, -0.25) is 9.59 Å². The van der Waals surface area contributed by atoms with E-state index in [2.05, 4.69) is 41.8 Å². The van der Waals surface area contributed by atoms with Gasteiger partial charge in [-0.1, -0.05) is 36.8 Å². The van der Waals surface area contributed by atoms with Gasteiger partial charge in [-0.15, -0.1) is 12.4 Å². The van der Waals surface area contributed by atoms with Gasteiger partial charge < -0.3 is 20.4 Å². The van der Waals surface area contributed by atoms with E-state index in [0.29, 0.717) is 18.7 Å². The first kappa shape index (κ1) is 28.2. The summed E-state index contributed by atoms with van der Waals surface area (Å²) < 4.78 is 0. The molecule has 35 heavy (non-hydrogen) atoms. The molecule has 1 aliphatic rings. The number of rotatable bonds is 10. The number of carbonyl (C=O) groups excluding carboxylic acids is 2. The number of nitrogens with zero attached hydrogens (tertiary/aromatic N) is 3. The number of benzene rings is 2. The van der Waals surface area contributed by atoms with Crippen molar-refractivity contribution < 1.29 is 9.59 Å². The first-order valence-electron chi connectivity index (χ1n) is 11.9. The molecule has 2 N–H and O–H groups in total. The minimum atomic E-state index is -0.154. The first-order valence-corrected chi connectivity index (χ1v) is 11.9. The second kappa shape index (κ2) is 13.1. The van der Waals surface area contributed by atoms with Gasteiger partial charge >= 0.3 is 0 Å². The van der Waals surface area contributed by atoms with E-state index in [4.69, 9.17) is 0 Å². The summed E-state index contributed by atoms with van der Waals surface area (Å²) in [6, 6.07) is 14.1. The summed E-state index contributed by atoms with van der Waals surface area (Å²) in [6.45, 7) is 8.19. The Kier molecular flexibility index (Phi) is 10.6. The lowest BCUT2D eigenvalue weighted by molar-refractivity contribution is -0.130. The number of likely N-dealkylation sites (N-methyl/N-ethyl adjacent to an activating group) is 2. The van der Waals surface area contributed by atoms with Crippen LogP contribution in [0.1, 0.15) is 34.7 Å². The minimum Gasteiger partial charge on any atom is -0.353 e. The lowest BCUT2D eigenvalue weighted by Gasteiger charge is -2.30. The third-order valence-corrected chi connectivity index (χ3v) is 6.43. The van der Waals surface area contributed by atoms with Crippen LogP contribution < -0.4 is 15.5 Å². The lowest BCUT2D eigenvalue weighted by Crippen LogP contribution is -2.47. The molecule has 0 heterocycles. The number of aryl methyl sites for hydroxylation is 2. The third kappa shape index (κ3) is 7.45. The Morgan fingerprint density at radius 3 is 2.51 bits per heavy atom. The summed E-state index contributed by atoms with van der Waals surface area (Å²) in [5.41, 5.74) is 5.98. The molecule has 1 atom stereocenters. The van der Waals surface area contributed by atoms with Gasteiger partial charge in [0.25, 0.3) is 0 Å². The Hall–Kier alpha value is -3.08. The maximum atomic E-state index is 13.4. The molecule has 1 aliphatic carbocycles. The van der Waals surface area contributed by atoms with Crippen molar-refractivity contribution in [3.63, 3.8) is 0 Å². The average Bonchev–Trinajstić information content (AvgIpc) is 3.24. The topological polar surface area (TPSA) is 88.5 Å². The highest BCUT2D eigenvalue weighted by molar-refractivity contribution is 5.87. The summed E-state index contributed by atoms with van der Waals surface area (Å²) in [5.74, 6) is -0.199. The maximum absolute atomic E-state index is 13.4. The fraction of sp³-hybridized carbons (Fsp3) is 0.444. The molecule has 0 radical (unpaired) electrons. The molecule has 0 bridgehead atoms. The normalized spacial score (nSPS) is 13.9. The van der Waals surface area contributed by atoms with Gasteiger partial charge in [-0.05, 0) is 62.1 Å². The molecule has 1 unspecified atom stereocenters. The van der Waals surface area contributed by atoms with Gasteiger partial charge in [0.1, 0.15) is 0 Å². The highest BCUT2D eigenvalue weighted by Gasteiger charge is 2.29. The molecule has 0 saturated heterocycles. The fourth-order valence-corrected chi connectivity index (χ4v) is 4.42. The van der Waals surface area contributed by atoms with Crippen LogP contribution in [0, 0.1) is 25.2 Å². The Morgan fingerprint density at radius 1 is 1.06 bits per heavy atom. The summed E-state index contributed by atoms with van der Waals surface area (Å²) in [7, 11) is 1.85. The van der Waals surface area contributed by atoms with Crippen LogP contribution >= 0.6 is 12.4 Å². The number of fused-ring (bicyclic) bond motifs is 1. The Labute approximate surface area is 214 Å². The number of hydrogen-bond donors (Lipinski definition) is 2. The Morgan fingerprint density at radius 2 is 1.80 bits per heavy atom. The van der Waals surface area contributed by atoms with E-state index < -0.39 is 0 Å². The first-order chi connectivity index (χ1) is 16.3. The molecule has 3 rings (SSSR count). The molecule has 0 spiro atoms. The monoisotopic (exact) mass is 497 g/mol. The Bertz CT molecular complexity index is 1080. The molecule has 2 aromatic carbocycles. The highest BCUT2D eigenvalue weighted by Crippen LogP contribution is 2.27. The van der Waals surface area contributed by atoms with Crippen LogP contribution in [0.3, 0.4) is 0 Å². The molecule has 8 heteroatoms. The second-order valence-electron chi connectivity index (χ2n) is 9.01. The van der Waals surface area contributed by atoms with Gasteiger partial charge in [0, 0.05) is 31.9 Å². The number of hydrogen-bond acceptors (Lipinski definition) is 5. The van der Waals surface area contributed by atoms with E-state index in [0.717, 1.165) is 30.6 Å². The summed E-state index contributed by atoms with van der Waals surface area (Å²) >= 11 is 0. The van der Waals surface area contributed by atoms with Crippen molar-refractivity contribution in [3.8, 4) is 6.07 Å². The number of carbonyl (C=O) groups is 2. The van der Waals surface area contributed by atoms with Gasteiger partial charge in [-0.25, -0.2) is 0 Å². The number of amides is 2. The Balaban J connectivity index is 0.00000432. The largest absolute Gasteiger partial charge is 0.353 e. The van der Waals surface area contributed by atoms with E-state index in [9.17, 15) is 14.9 Å². The quantitative estimate of drug-likeness (QED) is 0.493. The molecule has 188 valence electrons. The smallest absolute Gasteiger partial charge is 0.242 e. The van der Waals surface area contributed by atoms with Gasteiger partial charge in [0.2, 0.25) is 11.8 Å². The van der Waals surface area contributed by atoms with Crippen LogP contribution in [0.25, 0.3) is 0 Å². The number of halogens is 1. The van der Waals surface area contributed by atoms with E-state index in [1.54, 1.807) is 17.0 Å². The van der Waals surface area contributed by atoms with E-state index in [-0.39, 0.29) is 43.4 Å². The van der Waals surface area contributed by atoms with Crippen molar-refractivity contribution in [2.24, 2.45) is 0 Å². The zero-order chi connectivity index (χ0) is 24.7. The number of anilines is 1. The molecule has 0 fully saturated rings.